The number of nitrogens with zero attached hydrogens (tertiary/aromatic N) is 1. The molecule has 1 N–H and O–H groups in total. The van der Waals surface area contributed by atoms with Gasteiger partial charge in [-0.1, -0.05) is 18.2 Å². The molecule has 1 fully saturated rings. The zero-order valence-electron chi connectivity index (χ0n) is 12.9. The Morgan fingerprint density at radius 3 is 2.81 bits per heavy atom. The Bertz CT molecular complexity index is 605. The van der Waals surface area contributed by atoms with Gasteiger partial charge < -0.3 is 10.1 Å². The van der Waals surface area contributed by atoms with Gasteiger partial charge in [-0.3, -0.25) is 4.98 Å². The molecule has 2 aromatic rings. The van der Waals surface area contributed by atoms with Crippen molar-refractivity contribution in [3.8, 4) is 0 Å². The van der Waals surface area contributed by atoms with Crippen LogP contribution >= 0.6 is 0 Å². The topological polar surface area (TPSA) is 34.1 Å². The van der Waals surface area contributed by atoms with Crippen molar-refractivity contribution in [2.24, 2.45) is 5.92 Å². The lowest BCUT2D eigenvalue weighted by molar-refractivity contribution is 0.0608. The van der Waals surface area contributed by atoms with Crippen LogP contribution in [-0.4, -0.2) is 25.2 Å². The maximum Gasteiger partial charge on any atom is 0.0708 e. The summed E-state index contributed by atoms with van der Waals surface area (Å²) in [7, 11) is 2.06. The average Bonchev–Trinajstić information content (AvgIpc) is 2.53. The maximum absolute atomic E-state index is 5.48. The average molecular weight is 284 g/mol. The van der Waals surface area contributed by atoms with Crippen molar-refractivity contribution >= 4 is 10.9 Å². The molecule has 0 amide bonds. The standard InChI is InChI=1S/C18H24N2O/c1-13-11-16(15-5-3-4-6-17(15)20-13)18(19-2)12-14-7-9-21-10-8-14/h3-6,11,14,18-19H,7-10,12H2,1-2H3. The van der Waals surface area contributed by atoms with Crippen molar-refractivity contribution in [1.82, 2.24) is 10.3 Å². The number of benzene rings is 1. The van der Waals surface area contributed by atoms with E-state index in [9.17, 15) is 0 Å². The fraction of sp³-hybridized carbons (Fsp3) is 0.500. The van der Waals surface area contributed by atoms with E-state index >= 15 is 0 Å². The molecule has 1 unspecified atom stereocenters. The van der Waals surface area contributed by atoms with Gasteiger partial charge in [0.15, 0.2) is 0 Å². The Balaban J connectivity index is 1.92. The predicted molar refractivity (Wildman–Crippen MR) is 86.4 cm³/mol. The summed E-state index contributed by atoms with van der Waals surface area (Å²) in [5.74, 6) is 0.753. The molecule has 1 saturated heterocycles. The number of pyridine rings is 1. The zero-order chi connectivity index (χ0) is 14.7. The van der Waals surface area contributed by atoms with Gasteiger partial charge in [-0.2, -0.15) is 0 Å². The molecule has 1 aliphatic rings. The summed E-state index contributed by atoms with van der Waals surface area (Å²) >= 11 is 0. The molecule has 3 nitrogen and oxygen atoms in total. The molecule has 2 heterocycles. The Hall–Kier alpha value is -1.45. The fourth-order valence-electron chi connectivity index (χ4n) is 3.34. The number of hydrogen-bond acceptors (Lipinski definition) is 3. The van der Waals surface area contributed by atoms with Gasteiger partial charge >= 0.3 is 0 Å². The molecule has 21 heavy (non-hydrogen) atoms. The van der Waals surface area contributed by atoms with E-state index in [0.717, 1.165) is 30.3 Å². The van der Waals surface area contributed by atoms with Gasteiger partial charge in [-0.05, 0) is 56.8 Å². The Kier molecular flexibility index (Phi) is 4.51. The summed E-state index contributed by atoms with van der Waals surface area (Å²) in [5.41, 5.74) is 3.57. The molecule has 0 bridgehead atoms. The van der Waals surface area contributed by atoms with Gasteiger partial charge in [-0.15, -0.1) is 0 Å². The number of para-hydroxylation sites is 1. The second-order valence-corrected chi connectivity index (χ2v) is 6.00. The Labute approximate surface area is 126 Å². The van der Waals surface area contributed by atoms with E-state index in [2.05, 4.69) is 54.6 Å². The monoisotopic (exact) mass is 284 g/mol. The highest BCUT2D eigenvalue weighted by molar-refractivity contribution is 5.82. The minimum atomic E-state index is 0.389. The van der Waals surface area contributed by atoms with Gasteiger partial charge in [0.25, 0.3) is 0 Å². The van der Waals surface area contributed by atoms with Gasteiger partial charge in [0.05, 0.1) is 5.52 Å². The second-order valence-electron chi connectivity index (χ2n) is 6.00. The summed E-state index contributed by atoms with van der Waals surface area (Å²) in [6, 6.07) is 11.1. The van der Waals surface area contributed by atoms with E-state index < -0.39 is 0 Å². The highest BCUT2D eigenvalue weighted by Gasteiger charge is 2.21. The number of ether oxygens (including phenoxy) is 1. The maximum atomic E-state index is 5.48. The third kappa shape index (κ3) is 3.25. The SMILES string of the molecule is CNC(CC1CCOCC1)c1cc(C)nc2ccccc12. The van der Waals surface area contributed by atoms with Crippen LogP contribution in [0.5, 0.6) is 0 Å². The minimum Gasteiger partial charge on any atom is -0.381 e. The third-order valence-corrected chi connectivity index (χ3v) is 4.51. The highest BCUT2D eigenvalue weighted by atomic mass is 16.5. The van der Waals surface area contributed by atoms with E-state index in [1.807, 2.05) is 0 Å². The van der Waals surface area contributed by atoms with Crippen molar-refractivity contribution < 1.29 is 4.74 Å². The lowest BCUT2D eigenvalue weighted by atomic mass is 9.88. The Morgan fingerprint density at radius 2 is 2.05 bits per heavy atom. The molecule has 112 valence electrons. The molecule has 1 aromatic carbocycles. The lowest BCUT2D eigenvalue weighted by Gasteiger charge is -2.27. The van der Waals surface area contributed by atoms with Gasteiger partial charge in [0.2, 0.25) is 0 Å². The van der Waals surface area contributed by atoms with Crippen LogP contribution in [0.4, 0.5) is 0 Å². The number of fused-ring (bicyclic) bond motifs is 1. The molecule has 1 aromatic heterocycles. The quantitative estimate of drug-likeness (QED) is 0.931. The van der Waals surface area contributed by atoms with Gasteiger partial charge in [0, 0.05) is 30.3 Å². The summed E-state index contributed by atoms with van der Waals surface area (Å²) in [6.07, 6.45) is 3.54. The van der Waals surface area contributed by atoms with Crippen LogP contribution in [0, 0.1) is 12.8 Å². The molecule has 0 spiro atoms. The van der Waals surface area contributed by atoms with Crippen LogP contribution in [0.1, 0.15) is 36.6 Å². The van der Waals surface area contributed by atoms with Gasteiger partial charge in [-0.25, -0.2) is 0 Å². The van der Waals surface area contributed by atoms with Crippen LogP contribution in [0.25, 0.3) is 10.9 Å². The summed E-state index contributed by atoms with van der Waals surface area (Å²) in [4.78, 5) is 4.65. The first-order chi connectivity index (χ1) is 10.3. The van der Waals surface area contributed by atoms with Crippen LogP contribution in [-0.2, 0) is 4.74 Å². The predicted octanol–water partition coefficient (Wildman–Crippen LogP) is 3.62. The van der Waals surface area contributed by atoms with Crippen LogP contribution in [0.2, 0.25) is 0 Å². The first-order valence-corrected chi connectivity index (χ1v) is 7.89. The number of aromatic nitrogens is 1. The molecule has 0 radical (unpaired) electrons. The van der Waals surface area contributed by atoms with Gasteiger partial charge in [0.1, 0.15) is 0 Å². The van der Waals surface area contributed by atoms with Crippen molar-refractivity contribution in [3.63, 3.8) is 0 Å². The molecular formula is C18H24N2O. The molecule has 1 atom stereocenters. The first-order valence-electron chi connectivity index (χ1n) is 7.89. The smallest absolute Gasteiger partial charge is 0.0708 e. The minimum absolute atomic E-state index is 0.389. The molecule has 1 aliphatic heterocycles. The third-order valence-electron chi connectivity index (χ3n) is 4.51. The van der Waals surface area contributed by atoms with Crippen LogP contribution < -0.4 is 5.32 Å². The summed E-state index contributed by atoms with van der Waals surface area (Å²) in [6.45, 7) is 3.91. The lowest BCUT2D eigenvalue weighted by Crippen LogP contribution is -2.24. The van der Waals surface area contributed by atoms with Crippen molar-refractivity contribution in [3.05, 3.63) is 41.6 Å². The zero-order valence-corrected chi connectivity index (χ0v) is 12.9. The fourth-order valence-corrected chi connectivity index (χ4v) is 3.34. The summed E-state index contributed by atoms with van der Waals surface area (Å²) in [5, 5.41) is 4.79. The van der Waals surface area contributed by atoms with Crippen molar-refractivity contribution in [2.45, 2.75) is 32.2 Å². The molecule has 0 saturated carbocycles. The van der Waals surface area contributed by atoms with E-state index in [-0.39, 0.29) is 0 Å². The Morgan fingerprint density at radius 1 is 1.29 bits per heavy atom. The van der Waals surface area contributed by atoms with E-state index in [1.54, 1.807) is 0 Å². The molecule has 0 aliphatic carbocycles. The number of hydrogen-bond donors (Lipinski definition) is 1. The van der Waals surface area contributed by atoms with E-state index in [0.29, 0.717) is 6.04 Å². The normalized spacial score (nSPS) is 18.0. The van der Waals surface area contributed by atoms with Crippen molar-refractivity contribution in [1.29, 1.82) is 0 Å². The largest absolute Gasteiger partial charge is 0.381 e. The number of nitrogens with one attached hydrogen (secondary N) is 1. The van der Waals surface area contributed by atoms with Crippen LogP contribution in [0.15, 0.2) is 30.3 Å². The molecule has 3 rings (SSSR count). The van der Waals surface area contributed by atoms with E-state index in [4.69, 9.17) is 4.74 Å². The summed E-state index contributed by atoms with van der Waals surface area (Å²) < 4.78 is 5.48. The number of rotatable bonds is 4. The van der Waals surface area contributed by atoms with Crippen LogP contribution in [0.3, 0.4) is 0 Å². The number of aryl methyl sites for hydroxylation is 1. The molecular weight excluding hydrogens is 260 g/mol. The molecule has 3 heteroatoms. The first kappa shape index (κ1) is 14.5. The van der Waals surface area contributed by atoms with Crippen molar-refractivity contribution in [2.75, 3.05) is 20.3 Å². The second kappa shape index (κ2) is 6.54. The van der Waals surface area contributed by atoms with E-state index in [1.165, 1.54) is 30.2 Å². The highest BCUT2D eigenvalue weighted by Crippen LogP contribution is 2.31.